The summed E-state index contributed by atoms with van der Waals surface area (Å²) in [5.41, 5.74) is 2.78. The predicted molar refractivity (Wildman–Crippen MR) is 100 cm³/mol. The summed E-state index contributed by atoms with van der Waals surface area (Å²) in [5, 5.41) is 3.92. The quantitative estimate of drug-likeness (QED) is 0.822. The highest BCUT2D eigenvalue weighted by Crippen LogP contribution is 2.22. The number of rotatable bonds is 4. The number of carbonyl (C=O) groups excluding carboxylic acids is 1. The lowest BCUT2D eigenvalue weighted by Gasteiger charge is -2.48. The summed E-state index contributed by atoms with van der Waals surface area (Å²) in [6.45, 7) is 9.09. The Morgan fingerprint density at radius 1 is 1.15 bits per heavy atom. The van der Waals surface area contributed by atoms with Gasteiger partial charge in [-0.25, -0.2) is 4.39 Å². The molecule has 2 fully saturated rings. The average molecular weight is 372 g/mol. The first-order chi connectivity index (χ1) is 13.0. The van der Waals surface area contributed by atoms with Gasteiger partial charge in [-0.3, -0.25) is 9.69 Å². The second-order valence-corrected chi connectivity index (χ2v) is 7.43. The molecule has 2 saturated heterocycles. The fraction of sp³-hybridized carbons (Fsp3) is 0.500. The molecule has 2 aliphatic heterocycles. The zero-order chi connectivity index (χ0) is 19.0. The van der Waals surface area contributed by atoms with Crippen molar-refractivity contribution in [3.8, 4) is 0 Å². The van der Waals surface area contributed by atoms with Crippen LogP contribution in [0.15, 0.2) is 28.8 Å². The van der Waals surface area contributed by atoms with Crippen molar-refractivity contribution < 1.29 is 13.7 Å². The number of halogens is 1. The molecule has 0 aliphatic carbocycles. The number of hydrogen-bond acceptors (Lipinski definition) is 5. The molecule has 27 heavy (non-hydrogen) atoms. The molecule has 6 nitrogen and oxygen atoms in total. The molecule has 3 heterocycles. The largest absolute Gasteiger partial charge is 0.369 e. The maximum absolute atomic E-state index is 13.1. The predicted octanol–water partition coefficient (Wildman–Crippen LogP) is 2.01. The Kier molecular flexibility index (Phi) is 4.86. The number of piperazine rings is 1. The molecule has 2 aromatic rings. The van der Waals surface area contributed by atoms with Crippen molar-refractivity contribution in [2.45, 2.75) is 26.3 Å². The Morgan fingerprint density at radius 3 is 2.41 bits per heavy atom. The molecular formula is C20H25FN4O2. The first kappa shape index (κ1) is 18.0. The normalized spacial score (nSPS) is 18.6. The molecule has 1 aromatic heterocycles. The first-order valence-corrected chi connectivity index (χ1v) is 9.45. The number of aromatic nitrogens is 1. The molecule has 0 unspecified atom stereocenters. The van der Waals surface area contributed by atoms with Gasteiger partial charge in [-0.05, 0) is 38.1 Å². The van der Waals surface area contributed by atoms with Crippen molar-refractivity contribution in [3.05, 3.63) is 47.1 Å². The van der Waals surface area contributed by atoms with Crippen molar-refractivity contribution in [2.24, 2.45) is 0 Å². The van der Waals surface area contributed by atoms with Crippen LogP contribution in [0.2, 0.25) is 0 Å². The van der Waals surface area contributed by atoms with Gasteiger partial charge in [-0.15, -0.1) is 0 Å². The molecule has 0 radical (unpaired) electrons. The van der Waals surface area contributed by atoms with E-state index in [2.05, 4.69) is 15.0 Å². The summed E-state index contributed by atoms with van der Waals surface area (Å²) in [4.78, 5) is 19.2. The lowest BCUT2D eigenvalue weighted by Crippen LogP contribution is -2.64. The molecule has 0 saturated carbocycles. The van der Waals surface area contributed by atoms with E-state index in [-0.39, 0.29) is 11.7 Å². The Hall–Kier alpha value is -2.41. The second kappa shape index (κ2) is 7.31. The van der Waals surface area contributed by atoms with Crippen LogP contribution >= 0.6 is 0 Å². The number of anilines is 1. The fourth-order valence-corrected chi connectivity index (χ4v) is 3.90. The smallest absolute Gasteiger partial charge is 0.227 e. The Labute approximate surface area is 158 Å². The summed E-state index contributed by atoms with van der Waals surface area (Å²) >= 11 is 0. The van der Waals surface area contributed by atoms with Gasteiger partial charge in [0.05, 0.1) is 12.1 Å². The average Bonchev–Trinajstić information content (AvgIpc) is 2.94. The molecular weight excluding hydrogens is 347 g/mol. The molecule has 4 rings (SSSR count). The molecule has 7 heteroatoms. The third-order valence-electron chi connectivity index (χ3n) is 5.75. The molecule has 144 valence electrons. The van der Waals surface area contributed by atoms with E-state index in [0.717, 1.165) is 62.0 Å². The van der Waals surface area contributed by atoms with E-state index >= 15 is 0 Å². The summed E-state index contributed by atoms with van der Waals surface area (Å²) in [7, 11) is 0. The van der Waals surface area contributed by atoms with E-state index in [1.807, 2.05) is 30.9 Å². The molecule has 2 aliphatic rings. The number of nitrogens with zero attached hydrogens (tertiary/aromatic N) is 4. The maximum atomic E-state index is 13.1. The van der Waals surface area contributed by atoms with E-state index in [4.69, 9.17) is 4.52 Å². The summed E-state index contributed by atoms with van der Waals surface area (Å²) in [5.74, 6) is 0.675. The van der Waals surface area contributed by atoms with Gasteiger partial charge in [0, 0.05) is 56.6 Å². The number of aryl methyl sites for hydroxylation is 2. The van der Waals surface area contributed by atoms with Crippen molar-refractivity contribution in [3.63, 3.8) is 0 Å². The van der Waals surface area contributed by atoms with E-state index < -0.39 is 0 Å². The van der Waals surface area contributed by atoms with Crippen molar-refractivity contribution in [1.29, 1.82) is 0 Å². The first-order valence-electron chi connectivity index (χ1n) is 9.45. The van der Waals surface area contributed by atoms with Crippen molar-refractivity contribution >= 4 is 11.6 Å². The fourth-order valence-electron chi connectivity index (χ4n) is 3.90. The number of carbonyl (C=O) groups is 1. The van der Waals surface area contributed by atoms with Gasteiger partial charge in [-0.1, -0.05) is 5.16 Å². The van der Waals surface area contributed by atoms with Crippen LogP contribution in [-0.4, -0.2) is 66.2 Å². The van der Waals surface area contributed by atoms with Crippen LogP contribution in [0.1, 0.15) is 17.0 Å². The van der Waals surface area contributed by atoms with Gasteiger partial charge in [0.2, 0.25) is 5.91 Å². The van der Waals surface area contributed by atoms with Crippen LogP contribution in [0.25, 0.3) is 0 Å². The van der Waals surface area contributed by atoms with Gasteiger partial charge < -0.3 is 14.3 Å². The van der Waals surface area contributed by atoms with Crippen molar-refractivity contribution in [2.75, 3.05) is 44.2 Å². The highest BCUT2D eigenvalue weighted by atomic mass is 19.1. The van der Waals surface area contributed by atoms with Crippen LogP contribution in [0.3, 0.4) is 0 Å². The highest BCUT2D eigenvalue weighted by Gasteiger charge is 2.36. The van der Waals surface area contributed by atoms with Crippen LogP contribution in [0, 0.1) is 19.7 Å². The Bertz CT molecular complexity index is 786. The standard InChI is InChI=1S/C20H25FN4O2/c1-14-19(15(2)27-22-14)11-20(26)25-12-18(13-25)24-9-7-23(8-10-24)17-5-3-16(21)4-6-17/h3-6,18H,7-13H2,1-2H3. The number of hydrogen-bond donors (Lipinski definition) is 0. The summed E-state index contributed by atoms with van der Waals surface area (Å²) in [6, 6.07) is 7.13. The van der Waals surface area contributed by atoms with Gasteiger partial charge in [0.25, 0.3) is 0 Å². The maximum Gasteiger partial charge on any atom is 0.227 e. The lowest BCUT2D eigenvalue weighted by molar-refractivity contribution is -0.138. The SMILES string of the molecule is Cc1noc(C)c1CC(=O)N1CC(N2CCN(c3ccc(F)cc3)CC2)C1. The molecule has 0 N–H and O–H groups in total. The summed E-state index contributed by atoms with van der Waals surface area (Å²) in [6.07, 6.45) is 0.367. The topological polar surface area (TPSA) is 52.8 Å². The van der Waals surface area contributed by atoms with Crippen LogP contribution in [-0.2, 0) is 11.2 Å². The van der Waals surface area contributed by atoms with E-state index in [1.54, 1.807) is 0 Å². The Balaban J connectivity index is 1.24. The number of likely N-dealkylation sites (tertiary alicyclic amines) is 1. The Morgan fingerprint density at radius 2 is 1.81 bits per heavy atom. The van der Waals surface area contributed by atoms with Crippen LogP contribution < -0.4 is 4.90 Å². The van der Waals surface area contributed by atoms with Gasteiger partial charge >= 0.3 is 0 Å². The lowest BCUT2D eigenvalue weighted by atomic mass is 10.0. The minimum atomic E-state index is -0.201. The zero-order valence-corrected chi connectivity index (χ0v) is 15.8. The van der Waals surface area contributed by atoms with Gasteiger partial charge in [-0.2, -0.15) is 0 Å². The van der Waals surface area contributed by atoms with E-state index in [0.29, 0.717) is 12.5 Å². The summed E-state index contributed by atoms with van der Waals surface area (Å²) < 4.78 is 18.2. The number of amides is 1. The second-order valence-electron chi connectivity index (χ2n) is 7.43. The molecule has 1 aromatic carbocycles. The molecule has 1 amide bonds. The van der Waals surface area contributed by atoms with Crippen LogP contribution in [0.5, 0.6) is 0 Å². The number of benzene rings is 1. The van der Waals surface area contributed by atoms with Crippen LogP contribution in [0.4, 0.5) is 10.1 Å². The zero-order valence-electron chi connectivity index (χ0n) is 15.8. The van der Waals surface area contributed by atoms with E-state index in [9.17, 15) is 9.18 Å². The minimum Gasteiger partial charge on any atom is -0.369 e. The van der Waals surface area contributed by atoms with Gasteiger partial charge in [0.15, 0.2) is 0 Å². The minimum absolute atomic E-state index is 0.144. The van der Waals surface area contributed by atoms with Crippen molar-refractivity contribution in [1.82, 2.24) is 15.0 Å². The van der Waals surface area contributed by atoms with E-state index in [1.165, 1.54) is 12.1 Å². The monoisotopic (exact) mass is 372 g/mol. The molecule has 0 bridgehead atoms. The molecule has 0 spiro atoms. The third kappa shape index (κ3) is 3.69. The molecule has 0 atom stereocenters. The highest BCUT2D eigenvalue weighted by molar-refractivity contribution is 5.80. The third-order valence-corrected chi connectivity index (χ3v) is 5.75. The van der Waals surface area contributed by atoms with Gasteiger partial charge in [0.1, 0.15) is 11.6 Å².